The van der Waals surface area contributed by atoms with Gasteiger partial charge in [-0.1, -0.05) is 35.5 Å². The molecule has 2 aromatic rings. The number of anilines is 2. The highest BCUT2D eigenvalue weighted by Crippen LogP contribution is 2.41. The number of hydrogen-bond donors (Lipinski definition) is 1. The lowest BCUT2D eigenvalue weighted by molar-refractivity contribution is 1.05. The summed E-state index contributed by atoms with van der Waals surface area (Å²) in [6.07, 6.45) is 1.56. The number of nitrogens with zero attached hydrogens (tertiary/aromatic N) is 2. The molecule has 74 valence electrons. The Labute approximate surface area is 95.9 Å². The maximum Gasteiger partial charge on any atom is 0.165 e. The summed E-state index contributed by atoms with van der Waals surface area (Å²) in [7, 11) is 0. The van der Waals surface area contributed by atoms with Gasteiger partial charge in [-0.15, -0.1) is 0 Å². The highest BCUT2D eigenvalue weighted by molar-refractivity contribution is 7.99. The van der Waals surface area contributed by atoms with Gasteiger partial charge in [-0.25, -0.2) is 9.97 Å². The minimum Gasteiger partial charge on any atom is -0.337 e. The van der Waals surface area contributed by atoms with E-state index in [1.54, 1.807) is 18.0 Å². The summed E-state index contributed by atoms with van der Waals surface area (Å²) in [5.74, 6) is 0.728. The number of aromatic nitrogens is 2. The number of benzene rings is 1. The highest BCUT2D eigenvalue weighted by Gasteiger charge is 2.17. The normalized spacial score (nSPS) is 12.6. The molecule has 0 bridgehead atoms. The first kappa shape index (κ1) is 9.00. The molecule has 1 aliphatic rings. The van der Waals surface area contributed by atoms with Crippen molar-refractivity contribution in [3.63, 3.8) is 0 Å². The summed E-state index contributed by atoms with van der Waals surface area (Å²) >= 11 is 7.38. The Morgan fingerprint density at radius 2 is 2.13 bits per heavy atom. The van der Waals surface area contributed by atoms with Crippen molar-refractivity contribution in [2.45, 2.75) is 9.92 Å². The van der Waals surface area contributed by atoms with E-state index in [0.29, 0.717) is 5.15 Å². The van der Waals surface area contributed by atoms with Crippen LogP contribution in [0.3, 0.4) is 0 Å². The summed E-state index contributed by atoms with van der Waals surface area (Å²) in [5.41, 5.74) is 1.05. The highest BCUT2D eigenvalue weighted by atomic mass is 35.5. The van der Waals surface area contributed by atoms with Gasteiger partial charge < -0.3 is 5.32 Å². The van der Waals surface area contributed by atoms with Crippen LogP contribution in [0.4, 0.5) is 11.5 Å². The van der Waals surface area contributed by atoms with Crippen molar-refractivity contribution < 1.29 is 0 Å². The Hall–Kier alpha value is -1.26. The van der Waals surface area contributed by atoms with E-state index in [1.165, 1.54) is 0 Å². The third kappa shape index (κ3) is 1.56. The smallest absolute Gasteiger partial charge is 0.165 e. The van der Waals surface area contributed by atoms with Crippen LogP contribution in [0.1, 0.15) is 0 Å². The van der Waals surface area contributed by atoms with Crippen molar-refractivity contribution in [2.75, 3.05) is 5.32 Å². The number of rotatable bonds is 0. The quantitative estimate of drug-likeness (QED) is 0.649. The van der Waals surface area contributed by atoms with E-state index in [-0.39, 0.29) is 0 Å². The van der Waals surface area contributed by atoms with Crippen molar-refractivity contribution >= 4 is 34.9 Å². The van der Waals surface area contributed by atoms with E-state index in [0.717, 1.165) is 21.4 Å². The number of fused-ring (bicyclic) bond motifs is 2. The third-order valence-electron chi connectivity index (χ3n) is 2.06. The molecule has 0 atom stereocenters. The molecule has 0 spiro atoms. The number of nitrogens with one attached hydrogen (secondary N) is 1. The van der Waals surface area contributed by atoms with Crippen molar-refractivity contribution in [2.24, 2.45) is 0 Å². The lowest BCUT2D eigenvalue weighted by Crippen LogP contribution is -2.03. The van der Waals surface area contributed by atoms with E-state index in [2.05, 4.69) is 15.3 Å². The summed E-state index contributed by atoms with van der Waals surface area (Å²) in [5, 5.41) is 4.47. The van der Waals surface area contributed by atoms with Crippen molar-refractivity contribution in [1.29, 1.82) is 0 Å². The van der Waals surface area contributed by atoms with E-state index < -0.39 is 0 Å². The second-order valence-corrected chi connectivity index (χ2v) is 4.49. The summed E-state index contributed by atoms with van der Waals surface area (Å²) in [4.78, 5) is 9.56. The van der Waals surface area contributed by atoms with Crippen molar-refractivity contribution in [3.05, 3.63) is 35.6 Å². The zero-order valence-electron chi connectivity index (χ0n) is 7.57. The molecule has 1 aromatic heterocycles. The third-order valence-corrected chi connectivity index (χ3v) is 3.31. The fourth-order valence-corrected chi connectivity index (χ4v) is 2.42. The number of halogens is 1. The van der Waals surface area contributed by atoms with Crippen LogP contribution in [0, 0.1) is 0 Å². The molecular formula is C10H6ClN3S. The summed E-state index contributed by atoms with van der Waals surface area (Å²) in [6.45, 7) is 0. The molecule has 0 unspecified atom stereocenters. The fourth-order valence-electron chi connectivity index (χ4n) is 1.40. The van der Waals surface area contributed by atoms with Gasteiger partial charge in [0.1, 0.15) is 10.2 Å². The number of para-hydroxylation sites is 1. The van der Waals surface area contributed by atoms with Gasteiger partial charge in [0.2, 0.25) is 0 Å². The first-order valence-corrected chi connectivity index (χ1v) is 5.59. The Kier molecular flexibility index (Phi) is 2.04. The van der Waals surface area contributed by atoms with Crippen LogP contribution >= 0.6 is 23.4 Å². The monoisotopic (exact) mass is 235 g/mol. The van der Waals surface area contributed by atoms with Crippen molar-refractivity contribution in [3.8, 4) is 0 Å². The maximum absolute atomic E-state index is 5.78. The minimum atomic E-state index is 0.404. The topological polar surface area (TPSA) is 37.8 Å². The second kappa shape index (κ2) is 3.40. The Bertz CT molecular complexity index is 530. The number of hydrogen-bond acceptors (Lipinski definition) is 4. The van der Waals surface area contributed by atoms with Crippen LogP contribution in [-0.4, -0.2) is 9.97 Å². The molecule has 1 aromatic carbocycles. The molecule has 0 saturated heterocycles. The molecule has 1 aliphatic heterocycles. The molecule has 5 heteroatoms. The van der Waals surface area contributed by atoms with Gasteiger partial charge in [0.25, 0.3) is 0 Å². The molecule has 0 amide bonds. The predicted octanol–water partition coefficient (Wildman–Crippen LogP) is 3.34. The van der Waals surface area contributed by atoms with E-state index >= 15 is 0 Å². The fraction of sp³-hybridized carbons (Fsp3) is 0. The molecule has 1 N–H and O–H groups in total. The van der Waals surface area contributed by atoms with E-state index in [9.17, 15) is 0 Å². The SMILES string of the molecule is Clc1cnc2c(n1)Nc1ccccc1S2. The molecular weight excluding hydrogens is 230 g/mol. The van der Waals surface area contributed by atoms with Gasteiger partial charge in [-0.05, 0) is 12.1 Å². The van der Waals surface area contributed by atoms with Crippen LogP contribution in [0.5, 0.6) is 0 Å². The molecule has 3 rings (SSSR count). The van der Waals surface area contributed by atoms with Gasteiger partial charge in [-0.2, -0.15) is 0 Å². The van der Waals surface area contributed by atoms with Gasteiger partial charge in [0.15, 0.2) is 5.82 Å². The average molecular weight is 236 g/mol. The maximum atomic E-state index is 5.78. The molecule has 15 heavy (non-hydrogen) atoms. The second-order valence-electron chi connectivity index (χ2n) is 3.07. The molecule has 0 saturated carbocycles. The van der Waals surface area contributed by atoms with Crippen LogP contribution < -0.4 is 5.32 Å². The molecule has 2 heterocycles. The Balaban J connectivity index is 2.11. The lowest BCUT2D eigenvalue weighted by atomic mass is 10.3. The van der Waals surface area contributed by atoms with Crippen LogP contribution in [-0.2, 0) is 0 Å². The largest absolute Gasteiger partial charge is 0.337 e. The first-order chi connectivity index (χ1) is 7.33. The Morgan fingerprint density at radius 1 is 1.27 bits per heavy atom. The van der Waals surface area contributed by atoms with E-state index in [4.69, 9.17) is 11.6 Å². The van der Waals surface area contributed by atoms with E-state index in [1.807, 2.05) is 24.3 Å². The standard InChI is InChI=1S/C10H6ClN3S/c11-8-5-12-10-9(14-8)13-6-3-1-2-4-7(6)15-10/h1-5H,(H,13,14). The lowest BCUT2D eigenvalue weighted by Gasteiger charge is -2.18. The van der Waals surface area contributed by atoms with Gasteiger partial charge in [0, 0.05) is 4.90 Å². The summed E-state index contributed by atoms with van der Waals surface area (Å²) in [6, 6.07) is 8.04. The van der Waals surface area contributed by atoms with Crippen LogP contribution in [0.25, 0.3) is 0 Å². The van der Waals surface area contributed by atoms with Crippen LogP contribution in [0.15, 0.2) is 40.4 Å². The van der Waals surface area contributed by atoms with Crippen LogP contribution in [0.2, 0.25) is 5.15 Å². The van der Waals surface area contributed by atoms with Gasteiger partial charge in [0.05, 0.1) is 11.9 Å². The van der Waals surface area contributed by atoms with Gasteiger partial charge in [-0.3, -0.25) is 0 Å². The minimum absolute atomic E-state index is 0.404. The molecule has 0 aliphatic carbocycles. The zero-order chi connectivity index (χ0) is 10.3. The molecule has 3 nitrogen and oxygen atoms in total. The molecule has 0 fully saturated rings. The molecule has 0 radical (unpaired) electrons. The first-order valence-electron chi connectivity index (χ1n) is 4.39. The van der Waals surface area contributed by atoms with Crippen molar-refractivity contribution in [1.82, 2.24) is 9.97 Å². The average Bonchev–Trinajstić information content (AvgIpc) is 2.26. The predicted molar refractivity (Wildman–Crippen MR) is 60.9 cm³/mol. The summed E-state index contributed by atoms with van der Waals surface area (Å²) < 4.78 is 0. The zero-order valence-corrected chi connectivity index (χ0v) is 9.14. The van der Waals surface area contributed by atoms with Gasteiger partial charge >= 0.3 is 0 Å². The Morgan fingerprint density at radius 3 is 3.07 bits per heavy atom.